The fraction of sp³-hybridized carbons (Fsp3) is 0.769. The topological polar surface area (TPSA) is 93.1 Å². The lowest BCUT2D eigenvalue weighted by atomic mass is 9.56. The molecule has 6 nitrogen and oxygen atoms in total. The second-order valence-corrected chi connectivity index (χ2v) is 13.6. The van der Waals surface area contributed by atoms with Crippen LogP contribution in [0.2, 0.25) is 0 Å². The monoisotopic (exact) mass is 486 g/mol. The summed E-state index contributed by atoms with van der Waals surface area (Å²) in [5.74, 6) is 0.122. The highest BCUT2D eigenvalue weighted by Crippen LogP contribution is 2.61. The molecule has 0 heterocycles. The van der Waals surface area contributed by atoms with Gasteiger partial charge >= 0.3 is 0 Å². The van der Waals surface area contributed by atoms with Gasteiger partial charge in [-0.25, -0.2) is 0 Å². The van der Waals surface area contributed by atoms with E-state index in [-0.39, 0.29) is 56.3 Å². The third kappa shape index (κ3) is 6.56. The summed E-state index contributed by atoms with van der Waals surface area (Å²) in [6, 6.07) is 0. The summed E-state index contributed by atoms with van der Waals surface area (Å²) in [5, 5.41) is 11.2. The zero-order valence-electron chi connectivity index (χ0n) is 22.7. The van der Waals surface area contributed by atoms with Crippen molar-refractivity contribution < 1.29 is 27.6 Å². The second kappa shape index (κ2) is 10.0. The Balaban J connectivity index is 4.31. The van der Waals surface area contributed by atoms with Gasteiger partial charge in [0.15, 0.2) is 11.5 Å². The summed E-state index contributed by atoms with van der Waals surface area (Å²) in [7, 11) is -1.82. The van der Waals surface area contributed by atoms with Crippen molar-refractivity contribution in [1.29, 1.82) is 0 Å². The van der Waals surface area contributed by atoms with Crippen LogP contribution in [0.5, 0.6) is 17.2 Å². The van der Waals surface area contributed by atoms with Gasteiger partial charge in [-0.3, -0.25) is 4.55 Å². The maximum Gasteiger partial charge on any atom is 0.298 e. The number of ether oxygens (including phenoxy) is 2. The van der Waals surface area contributed by atoms with E-state index in [0.717, 1.165) is 12.8 Å². The van der Waals surface area contributed by atoms with E-state index < -0.39 is 10.1 Å². The molecular formula is C26H46O6S. The molecule has 0 fully saturated rings. The van der Waals surface area contributed by atoms with Crippen LogP contribution in [0.3, 0.4) is 0 Å². The summed E-state index contributed by atoms with van der Waals surface area (Å²) in [6.45, 7) is 21.2. The first kappa shape index (κ1) is 29.6. The van der Waals surface area contributed by atoms with Gasteiger partial charge in [-0.1, -0.05) is 69.2 Å². The summed E-state index contributed by atoms with van der Waals surface area (Å²) in [6.07, 6.45) is 1.87. The van der Waals surface area contributed by atoms with E-state index >= 15 is 0 Å². The second-order valence-electron chi connectivity index (χ2n) is 12.2. The lowest BCUT2D eigenvalue weighted by Crippen LogP contribution is -2.38. The molecule has 0 saturated heterocycles. The molecule has 0 bridgehead atoms. The number of phenolic OH excluding ortho intramolecular Hbond substituents is 1. The smallest absolute Gasteiger partial charge is 0.298 e. The maximum absolute atomic E-state index is 12.5. The van der Waals surface area contributed by atoms with Gasteiger partial charge in [0.1, 0.15) is 10.6 Å². The zero-order valence-corrected chi connectivity index (χ0v) is 23.5. The predicted molar refractivity (Wildman–Crippen MR) is 134 cm³/mol. The fourth-order valence-electron chi connectivity index (χ4n) is 6.49. The molecule has 1 rings (SSSR count). The van der Waals surface area contributed by atoms with Gasteiger partial charge in [0.2, 0.25) is 0 Å². The largest absolute Gasteiger partial charge is 0.504 e. The fourth-order valence-corrected chi connectivity index (χ4v) is 7.47. The molecule has 1 aromatic carbocycles. The molecule has 1 unspecified atom stereocenters. The molecule has 0 spiro atoms. The van der Waals surface area contributed by atoms with E-state index in [1.165, 1.54) is 14.2 Å². The average Bonchev–Trinajstić information content (AvgIpc) is 2.56. The van der Waals surface area contributed by atoms with Gasteiger partial charge in [0, 0.05) is 17.0 Å². The highest BCUT2D eigenvalue weighted by Gasteiger charge is 2.48. The van der Waals surface area contributed by atoms with Crippen LogP contribution in [-0.2, 0) is 16.5 Å². The summed E-state index contributed by atoms with van der Waals surface area (Å²) < 4.78 is 46.7. The van der Waals surface area contributed by atoms with Gasteiger partial charge in [-0.15, -0.1) is 0 Å². The van der Waals surface area contributed by atoms with E-state index in [0.29, 0.717) is 11.5 Å². The average molecular weight is 487 g/mol. The quantitative estimate of drug-likeness (QED) is 0.352. The summed E-state index contributed by atoms with van der Waals surface area (Å²) in [5.41, 5.74) is -0.0901. The third-order valence-electron chi connectivity index (χ3n) is 6.26. The van der Waals surface area contributed by atoms with Crippen molar-refractivity contribution in [2.24, 2.45) is 22.2 Å². The van der Waals surface area contributed by atoms with Crippen LogP contribution in [0, 0.1) is 22.2 Å². The number of methoxy groups -OCH3 is 2. The first-order valence-corrected chi connectivity index (χ1v) is 13.2. The van der Waals surface area contributed by atoms with E-state index in [1.807, 2.05) is 0 Å². The summed E-state index contributed by atoms with van der Waals surface area (Å²) in [4.78, 5) is -0.377. The molecule has 192 valence electrons. The van der Waals surface area contributed by atoms with Crippen molar-refractivity contribution in [2.45, 2.75) is 99.3 Å². The van der Waals surface area contributed by atoms with E-state index in [2.05, 4.69) is 62.3 Å². The van der Waals surface area contributed by atoms with Gasteiger partial charge in [0.25, 0.3) is 10.1 Å². The number of phenols is 1. The van der Waals surface area contributed by atoms with Crippen LogP contribution in [0.25, 0.3) is 0 Å². The summed E-state index contributed by atoms with van der Waals surface area (Å²) >= 11 is 0. The molecule has 0 radical (unpaired) electrons. The Bertz CT molecular complexity index is 937. The van der Waals surface area contributed by atoms with Crippen LogP contribution >= 0.6 is 0 Å². The molecule has 2 N–H and O–H groups in total. The zero-order chi connectivity index (χ0) is 26.2. The molecule has 7 heteroatoms. The first-order valence-electron chi connectivity index (χ1n) is 11.7. The molecule has 0 aromatic heterocycles. The van der Waals surface area contributed by atoms with Gasteiger partial charge < -0.3 is 14.6 Å². The van der Waals surface area contributed by atoms with Crippen LogP contribution in [0.1, 0.15) is 99.1 Å². The Morgan fingerprint density at radius 1 is 0.909 bits per heavy atom. The van der Waals surface area contributed by atoms with Gasteiger partial charge in [-0.2, -0.15) is 8.42 Å². The normalized spacial score (nSPS) is 14.5. The highest BCUT2D eigenvalue weighted by atomic mass is 32.2. The van der Waals surface area contributed by atoms with Crippen molar-refractivity contribution in [1.82, 2.24) is 0 Å². The SMILES string of the molecule is CCc1c(O)c(OC)c(C(C(C)(C)CC(C)C)C(C)(C)CC(C)(C)C)c(OC)c1S(=O)(=O)O. The number of aromatic hydroxyl groups is 1. The Hall–Kier alpha value is -1.47. The van der Waals surface area contributed by atoms with E-state index in [9.17, 15) is 18.1 Å². The van der Waals surface area contributed by atoms with Crippen LogP contribution in [0.4, 0.5) is 0 Å². The molecule has 1 aromatic rings. The molecular weight excluding hydrogens is 440 g/mol. The number of benzene rings is 1. The van der Waals surface area contributed by atoms with Crippen molar-refractivity contribution in [2.75, 3.05) is 14.2 Å². The van der Waals surface area contributed by atoms with Crippen LogP contribution in [0.15, 0.2) is 4.90 Å². The molecule has 33 heavy (non-hydrogen) atoms. The minimum Gasteiger partial charge on any atom is -0.504 e. The Labute approximate surface area is 201 Å². The minimum atomic E-state index is -4.68. The van der Waals surface area contributed by atoms with Crippen molar-refractivity contribution in [3.8, 4) is 17.2 Å². The predicted octanol–water partition coefficient (Wildman–Crippen LogP) is 6.84. The molecule has 0 amide bonds. The van der Waals surface area contributed by atoms with Gasteiger partial charge in [-0.05, 0) is 41.4 Å². The van der Waals surface area contributed by atoms with E-state index in [1.54, 1.807) is 6.92 Å². The Morgan fingerprint density at radius 3 is 1.73 bits per heavy atom. The molecule has 0 saturated carbocycles. The minimum absolute atomic E-state index is 0.00653. The van der Waals surface area contributed by atoms with Crippen LogP contribution in [-0.4, -0.2) is 32.3 Å². The van der Waals surface area contributed by atoms with Crippen molar-refractivity contribution >= 4 is 10.1 Å². The number of rotatable bonds is 10. The number of hydrogen-bond acceptors (Lipinski definition) is 5. The standard InChI is InChI=1S/C26H46O6S/c1-13-17-19(27)20(31-11)18(21(32-12)22(17)33(28,29)30)23(25(7,8)14-16(2)3)26(9,10)15-24(4,5)6/h16,23,27H,13-15H2,1-12H3,(H,28,29,30). The first-order chi connectivity index (χ1) is 14.7. The maximum atomic E-state index is 12.5. The molecule has 0 aliphatic rings. The lowest BCUT2D eigenvalue weighted by Gasteiger charge is -2.49. The van der Waals surface area contributed by atoms with E-state index in [4.69, 9.17) is 9.47 Å². The highest BCUT2D eigenvalue weighted by molar-refractivity contribution is 7.86. The Kier molecular flexibility index (Phi) is 8.98. The van der Waals surface area contributed by atoms with Crippen molar-refractivity contribution in [3.05, 3.63) is 11.1 Å². The molecule has 0 aliphatic heterocycles. The molecule has 0 aliphatic carbocycles. The van der Waals surface area contributed by atoms with Crippen LogP contribution < -0.4 is 9.47 Å². The number of hydrogen-bond donors (Lipinski definition) is 2. The lowest BCUT2D eigenvalue weighted by molar-refractivity contribution is 0.0748. The van der Waals surface area contributed by atoms with Gasteiger partial charge in [0.05, 0.1) is 14.2 Å². The van der Waals surface area contributed by atoms with Crippen molar-refractivity contribution in [3.63, 3.8) is 0 Å². The molecule has 1 atom stereocenters. The Morgan fingerprint density at radius 2 is 1.39 bits per heavy atom. The third-order valence-corrected chi connectivity index (χ3v) is 7.21.